The molecule has 100 valence electrons. The smallest absolute Gasteiger partial charge is 0.207 e. The quantitative estimate of drug-likeness (QED) is 0.829. The lowest BCUT2D eigenvalue weighted by atomic mass is 10.2. The van der Waals surface area contributed by atoms with E-state index in [1.165, 1.54) is 0 Å². The summed E-state index contributed by atoms with van der Waals surface area (Å²) in [6, 6.07) is 10.1. The summed E-state index contributed by atoms with van der Waals surface area (Å²) in [5, 5.41) is 0. The second-order valence-electron chi connectivity index (χ2n) is 4.40. The van der Waals surface area contributed by atoms with Gasteiger partial charge < -0.3 is 0 Å². The summed E-state index contributed by atoms with van der Waals surface area (Å²) < 4.78 is 25.3. The Morgan fingerprint density at radius 2 is 1.16 bits per heavy atom. The van der Waals surface area contributed by atoms with E-state index < -0.39 is 9.84 Å². The topological polar surface area (TPSA) is 34.1 Å². The van der Waals surface area contributed by atoms with E-state index in [1.54, 1.807) is 50.2 Å². The zero-order valence-electron chi connectivity index (χ0n) is 10.6. The maximum atomic E-state index is 12.6. The molecule has 0 aliphatic carbocycles. The Hall–Kier alpha value is -0.910. The third kappa shape index (κ3) is 2.83. The summed E-state index contributed by atoms with van der Waals surface area (Å²) in [7, 11) is -3.50. The Bertz CT molecular complexity index is 677. The van der Waals surface area contributed by atoms with Gasteiger partial charge in [0.1, 0.15) is 0 Å². The Morgan fingerprint density at radius 3 is 1.47 bits per heavy atom. The largest absolute Gasteiger partial charge is 0.218 e. The predicted octanol–water partition coefficient (Wildman–Crippen LogP) is 3.71. The van der Waals surface area contributed by atoms with E-state index in [0.29, 0.717) is 20.9 Å². The molecule has 0 N–H and O–H groups in total. The van der Waals surface area contributed by atoms with E-state index in [1.807, 2.05) is 0 Å². The predicted molar refractivity (Wildman–Crippen MR) is 82.3 cm³/mol. The summed E-state index contributed by atoms with van der Waals surface area (Å²) in [6.45, 7) is 3.55. The lowest BCUT2D eigenvalue weighted by Crippen LogP contribution is -2.06. The second-order valence-corrected chi connectivity index (χ2v) is 7.32. The first-order chi connectivity index (χ1) is 8.82. The number of rotatable bonds is 2. The van der Waals surface area contributed by atoms with E-state index in [-0.39, 0.29) is 0 Å². The highest BCUT2D eigenvalue weighted by Gasteiger charge is 2.21. The highest BCUT2D eigenvalue weighted by atomic mass is 32.2. The van der Waals surface area contributed by atoms with Crippen molar-refractivity contribution < 1.29 is 8.42 Å². The molecule has 2 rings (SSSR count). The molecule has 2 aromatic rings. The van der Waals surface area contributed by atoms with Crippen LogP contribution in [0.15, 0.2) is 56.0 Å². The van der Waals surface area contributed by atoms with Crippen LogP contribution in [0.2, 0.25) is 0 Å². The molecule has 0 atom stereocenters. The van der Waals surface area contributed by atoms with Crippen molar-refractivity contribution in [3.05, 3.63) is 47.5 Å². The van der Waals surface area contributed by atoms with Gasteiger partial charge in [-0.2, -0.15) is 0 Å². The van der Waals surface area contributed by atoms with Gasteiger partial charge in [-0.15, -0.1) is 25.3 Å². The molecule has 0 unspecified atom stereocenters. The molecule has 0 saturated heterocycles. The van der Waals surface area contributed by atoms with E-state index >= 15 is 0 Å². The number of thiol groups is 2. The van der Waals surface area contributed by atoms with E-state index in [2.05, 4.69) is 25.3 Å². The minimum Gasteiger partial charge on any atom is -0.218 e. The summed E-state index contributed by atoms with van der Waals surface area (Å²) in [4.78, 5) is 2.14. The van der Waals surface area contributed by atoms with Gasteiger partial charge in [-0.3, -0.25) is 0 Å². The average molecular weight is 310 g/mol. The highest BCUT2D eigenvalue weighted by Crippen LogP contribution is 2.28. The number of hydrogen-bond acceptors (Lipinski definition) is 4. The van der Waals surface area contributed by atoms with Gasteiger partial charge in [-0.05, 0) is 61.4 Å². The molecule has 2 nitrogen and oxygen atoms in total. The Kier molecular flexibility index (Phi) is 3.99. The monoisotopic (exact) mass is 310 g/mol. The molecule has 0 radical (unpaired) electrons. The average Bonchev–Trinajstić information content (AvgIpc) is 2.27. The molecular weight excluding hydrogens is 296 g/mol. The van der Waals surface area contributed by atoms with Gasteiger partial charge in [0, 0.05) is 9.79 Å². The molecule has 0 aromatic heterocycles. The maximum absolute atomic E-state index is 12.6. The van der Waals surface area contributed by atoms with Crippen LogP contribution in [0.5, 0.6) is 0 Å². The fourth-order valence-electron chi connectivity index (χ4n) is 1.99. The molecule has 0 aliphatic heterocycles. The highest BCUT2D eigenvalue weighted by molar-refractivity contribution is 7.91. The van der Waals surface area contributed by atoms with Crippen molar-refractivity contribution in [2.75, 3.05) is 0 Å². The molecule has 2 aromatic carbocycles. The zero-order valence-corrected chi connectivity index (χ0v) is 13.2. The molecule has 19 heavy (non-hydrogen) atoms. The van der Waals surface area contributed by atoms with Gasteiger partial charge in [0.05, 0.1) is 9.79 Å². The molecule has 0 bridgehead atoms. The summed E-state index contributed by atoms with van der Waals surface area (Å²) in [6.07, 6.45) is 0. The normalized spacial score (nSPS) is 11.6. The van der Waals surface area contributed by atoms with Crippen LogP contribution in [-0.2, 0) is 9.84 Å². The van der Waals surface area contributed by atoms with E-state index in [4.69, 9.17) is 0 Å². The first-order valence-corrected chi connectivity index (χ1v) is 8.04. The third-order valence-corrected chi connectivity index (χ3v) is 5.53. The molecule has 5 heteroatoms. The molecule has 0 spiro atoms. The van der Waals surface area contributed by atoms with E-state index in [9.17, 15) is 8.42 Å². The van der Waals surface area contributed by atoms with Crippen LogP contribution in [0.3, 0.4) is 0 Å². The molecular formula is C14H14O2S3. The van der Waals surface area contributed by atoms with Crippen LogP contribution >= 0.6 is 25.3 Å². The van der Waals surface area contributed by atoms with Crippen LogP contribution in [0.4, 0.5) is 0 Å². The lowest BCUT2D eigenvalue weighted by molar-refractivity contribution is 0.594. The second kappa shape index (κ2) is 5.23. The van der Waals surface area contributed by atoms with Crippen molar-refractivity contribution in [1.82, 2.24) is 0 Å². The van der Waals surface area contributed by atoms with Crippen molar-refractivity contribution >= 4 is 35.1 Å². The van der Waals surface area contributed by atoms with Crippen LogP contribution < -0.4 is 0 Å². The van der Waals surface area contributed by atoms with Crippen molar-refractivity contribution in [3.63, 3.8) is 0 Å². The Labute approximate surface area is 124 Å². The Morgan fingerprint density at radius 1 is 0.789 bits per heavy atom. The minimum atomic E-state index is -3.50. The van der Waals surface area contributed by atoms with Gasteiger partial charge in [0.2, 0.25) is 9.84 Å². The van der Waals surface area contributed by atoms with E-state index in [0.717, 1.165) is 9.79 Å². The zero-order chi connectivity index (χ0) is 14.2. The third-order valence-electron chi connectivity index (χ3n) is 2.90. The first-order valence-electron chi connectivity index (χ1n) is 5.66. The lowest BCUT2D eigenvalue weighted by Gasteiger charge is -2.11. The van der Waals surface area contributed by atoms with Gasteiger partial charge >= 0.3 is 0 Å². The van der Waals surface area contributed by atoms with Crippen LogP contribution in [0, 0.1) is 13.8 Å². The molecule has 0 amide bonds. The van der Waals surface area contributed by atoms with Gasteiger partial charge in [0.25, 0.3) is 0 Å². The number of aryl methyl sites for hydroxylation is 2. The molecule has 0 saturated carbocycles. The van der Waals surface area contributed by atoms with Crippen molar-refractivity contribution in [3.8, 4) is 0 Å². The fraction of sp³-hybridized carbons (Fsp3) is 0.143. The maximum Gasteiger partial charge on any atom is 0.207 e. The molecule has 0 heterocycles. The summed E-state index contributed by atoms with van der Waals surface area (Å²) in [5.74, 6) is 0. The minimum absolute atomic E-state index is 0.320. The fourth-order valence-corrected chi connectivity index (χ4v) is 4.22. The van der Waals surface area contributed by atoms with Gasteiger partial charge in [-0.1, -0.05) is 0 Å². The first kappa shape index (κ1) is 14.5. The van der Waals surface area contributed by atoms with Crippen molar-refractivity contribution in [2.45, 2.75) is 33.4 Å². The standard InChI is InChI=1S/C14H14O2S3/c1-9-7-11(17)3-5-13(9)19(15,16)14-6-4-12(18)8-10(14)2/h3-8,17-18H,1-2H3. The van der Waals surface area contributed by atoms with Crippen molar-refractivity contribution in [2.24, 2.45) is 0 Å². The van der Waals surface area contributed by atoms with Gasteiger partial charge in [-0.25, -0.2) is 8.42 Å². The molecule has 0 aliphatic rings. The number of hydrogen-bond donors (Lipinski definition) is 2. The van der Waals surface area contributed by atoms with Crippen molar-refractivity contribution in [1.29, 1.82) is 0 Å². The van der Waals surface area contributed by atoms with Gasteiger partial charge in [0.15, 0.2) is 0 Å². The van der Waals surface area contributed by atoms with Crippen LogP contribution in [0.25, 0.3) is 0 Å². The Balaban J connectivity index is 2.65. The number of benzene rings is 2. The summed E-state index contributed by atoms with van der Waals surface area (Å²) in [5.41, 5.74) is 1.39. The van der Waals surface area contributed by atoms with Crippen LogP contribution in [-0.4, -0.2) is 8.42 Å². The van der Waals surface area contributed by atoms with Crippen LogP contribution in [0.1, 0.15) is 11.1 Å². The molecule has 0 fully saturated rings. The number of sulfone groups is 1. The summed E-state index contributed by atoms with van der Waals surface area (Å²) >= 11 is 8.43. The SMILES string of the molecule is Cc1cc(S)ccc1S(=O)(=O)c1ccc(S)cc1C.